The summed E-state index contributed by atoms with van der Waals surface area (Å²) in [6.45, 7) is 4.40. The zero-order valence-electron chi connectivity index (χ0n) is 18.1. The van der Waals surface area contributed by atoms with E-state index in [0.717, 1.165) is 43.2 Å². The molecule has 3 nitrogen and oxygen atoms in total. The fraction of sp³-hybridized carbons (Fsp3) is 0.500. The molecule has 0 amide bonds. The number of hydrogen-bond donors (Lipinski definition) is 0. The van der Waals surface area contributed by atoms with Crippen molar-refractivity contribution in [2.24, 2.45) is 0 Å². The second kappa shape index (κ2) is 13.8. The number of benzene rings is 2. The van der Waals surface area contributed by atoms with Gasteiger partial charge in [0.05, 0.1) is 0 Å². The Morgan fingerprint density at radius 1 is 0.793 bits per heavy atom. The third-order valence-electron chi connectivity index (χ3n) is 5.20. The highest BCUT2D eigenvalue weighted by Crippen LogP contribution is 2.26. The molecule has 1 unspecified atom stereocenters. The first kappa shape index (κ1) is 23.0. The second-order valence-electron chi connectivity index (χ2n) is 7.64. The van der Waals surface area contributed by atoms with Gasteiger partial charge in [0.25, 0.3) is 0 Å². The van der Waals surface area contributed by atoms with Gasteiger partial charge < -0.3 is 9.47 Å². The molecule has 0 aliphatic rings. The minimum Gasteiger partial charge on any atom is -0.426 e. The van der Waals surface area contributed by atoms with Crippen LogP contribution in [0, 0.1) is 0 Å². The van der Waals surface area contributed by atoms with Crippen molar-refractivity contribution in [2.45, 2.75) is 84.2 Å². The quantitative estimate of drug-likeness (QED) is 0.195. The van der Waals surface area contributed by atoms with E-state index in [1.807, 2.05) is 54.6 Å². The van der Waals surface area contributed by atoms with Gasteiger partial charge in [-0.15, -0.1) is 0 Å². The summed E-state index contributed by atoms with van der Waals surface area (Å²) in [5, 5.41) is 0. The Morgan fingerprint density at radius 3 is 2.21 bits per heavy atom. The van der Waals surface area contributed by atoms with Crippen molar-refractivity contribution < 1.29 is 14.3 Å². The molecule has 0 N–H and O–H groups in total. The molecule has 29 heavy (non-hydrogen) atoms. The lowest BCUT2D eigenvalue weighted by Gasteiger charge is -2.18. The summed E-state index contributed by atoms with van der Waals surface area (Å²) in [6, 6.07) is 17.7. The summed E-state index contributed by atoms with van der Waals surface area (Å²) in [6.07, 6.45) is 10.2. The standard InChI is InChI=1S/C26H36O3/c1-3-5-7-8-13-20-24(23-17-11-9-12-18-23)28-26(27)29-25-21-15-14-19-22(25)16-10-6-4-2/h9,11-12,14-15,17-19,21,24H,3-8,10,13,16,20H2,1-2H3. The normalized spacial score (nSPS) is 11.8. The predicted molar refractivity (Wildman–Crippen MR) is 119 cm³/mol. The van der Waals surface area contributed by atoms with Crippen LogP contribution in [0.2, 0.25) is 0 Å². The van der Waals surface area contributed by atoms with Gasteiger partial charge in [-0.2, -0.15) is 0 Å². The van der Waals surface area contributed by atoms with Gasteiger partial charge in [-0.1, -0.05) is 101 Å². The average molecular weight is 397 g/mol. The first-order valence-electron chi connectivity index (χ1n) is 11.3. The van der Waals surface area contributed by atoms with Crippen molar-refractivity contribution in [1.82, 2.24) is 0 Å². The molecule has 0 aliphatic carbocycles. The third-order valence-corrected chi connectivity index (χ3v) is 5.20. The molecule has 0 aliphatic heterocycles. The highest BCUT2D eigenvalue weighted by Gasteiger charge is 2.19. The molecular formula is C26H36O3. The van der Waals surface area contributed by atoms with Crippen LogP contribution in [0.25, 0.3) is 0 Å². The van der Waals surface area contributed by atoms with Crippen LogP contribution in [0.15, 0.2) is 54.6 Å². The van der Waals surface area contributed by atoms with Crippen LogP contribution < -0.4 is 4.74 Å². The van der Waals surface area contributed by atoms with Gasteiger partial charge in [0.2, 0.25) is 0 Å². The second-order valence-corrected chi connectivity index (χ2v) is 7.64. The van der Waals surface area contributed by atoms with Gasteiger partial charge in [0.15, 0.2) is 0 Å². The van der Waals surface area contributed by atoms with Gasteiger partial charge in [-0.25, -0.2) is 4.79 Å². The lowest BCUT2D eigenvalue weighted by molar-refractivity contribution is 0.0525. The Hall–Kier alpha value is -2.29. The summed E-state index contributed by atoms with van der Waals surface area (Å²) < 4.78 is 11.4. The maximum atomic E-state index is 12.6. The van der Waals surface area contributed by atoms with Crippen molar-refractivity contribution in [1.29, 1.82) is 0 Å². The topological polar surface area (TPSA) is 35.5 Å². The van der Waals surface area contributed by atoms with E-state index in [1.165, 1.54) is 32.1 Å². The van der Waals surface area contributed by atoms with Gasteiger partial charge in [-0.3, -0.25) is 0 Å². The van der Waals surface area contributed by atoms with E-state index in [-0.39, 0.29) is 6.10 Å². The van der Waals surface area contributed by atoms with Crippen LogP contribution in [0.4, 0.5) is 4.79 Å². The molecule has 0 saturated heterocycles. The molecular weight excluding hydrogens is 360 g/mol. The largest absolute Gasteiger partial charge is 0.514 e. The van der Waals surface area contributed by atoms with Gasteiger partial charge in [0.1, 0.15) is 11.9 Å². The smallest absolute Gasteiger partial charge is 0.426 e. The Labute approximate surface area is 176 Å². The van der Waals surface area contributed by atoms with E-state index in [4.69, 9.17) is 9.47 Å². The Kier molecular flexibility index (Phi) is 11.0. The van der Waals surface area contributed by atoms with Crippen molar-refractivity contribution in [2.75, 3.05) is 0 Å². The number of para-hydroxylation sites is 1. The molecule has 2 aromatic carbocycles. The Balaban J connectivity index is 1.97. The minimum absolute atomic E-state index is 0.266. The average Bonchev–Trinajstić information content (AvgIpc) is 2.75. The molecule has 2 aromatic rings. The summed E-state index contributed by atoms with van der Waals surface area (Å²) in [5.74, 6) is 0.614. The molecule has 0 heterocycles. The maximum absolute atomic E-state index is 12.6. The van der Waals surface area contributed by atoms with Crippen molar-refractivity contribution >= 4 is 6.16 Å². The number of aryl methyl sites for hydroxylation is 1. The van der Waals surface area contributed by atoms with Crippen LogP contribution in [0.5, 0.6) is 5.75 Å². The summed E-state index contributed by atoms with van der Waals surface area (Å²) in [5.41, 5.74) is 2.09. The van der Waals surface area contributed by atoms with Gasteiger partial charge >= 0.3 is 6.16 Å². The number of ether oxygens (including phenoxy) is 2. The lowest BCUT2D eigenvalue weighted by atomic mass is 10.0. The van der Waals surface area contributed by atoms with Crippen LogP contribution in [-0.2, 0) is 11.2 Å². The fourth-order valence-corrected chi connectivity index (χ4v) is 3.50. The van der Waals surface area contributed by atoms with Crippen LogP contribution in [-0.4, -0.2) is 6.16 Å². The highest BCUT2D eigenvalue weighted by atomic mass is 16.7. The number of carbonyl (C=O) groups excluding carboxylic acids is 1. The van der Waals surface area contributed by atoms with Gasteiger partial charge in [0, 0.05) is 0 Å². The SMILES string of the molecule is CCCCCCCC(OC(=O)Oc1ccccc1CCCCC)c1ccccc1. The highest BCUT2D eigenvalue weighted by molar-refractivity contribution is 5.65. The molecule has 0 fully saturated rings. The first-order chi connectivity index (χ1) is 14.2. The van der Waals surface area contributed by atoms with E-state index in [9.17, 15) is 4.79 Å². The summed E-state index contributed by atoms with van der Waals surface area (Å²) in [4.78, 5) is 12.6. The lowest BCUT2D eigenvalue weighted by Crippen LogP contribution is -2.16. The molecule has 158 valence electrons. The van der Waals surface area contributed by atoms with E-state index in [2.05, 4.69) is 13.8 Å². The van der Waals surface area contributed by atoms with E-state index >= 15 is 0 Å². The number of carbonyl (C=O) groups is 1. The molecule has 0 radical (unpaired) electrons. The zero-order valence-corrected chi connectivity index (χ0v) is 18.1. The molecule has 1 atom stereocenters. The van der Waals surface area contributed by atoms with E-state index in [0.29, 0.717) is 5.75 Å². The minimum atomic E-state index is -0.615. The first-order valence-corrected chi connectivity index (χ1v) is 11.3. The maximum Gasteiger partial charge on any atom is 0.514 e. The van der Waals surface area contributed by atoms with Crippen molar-refractivity contribution in [3.8, 4) is 5.75 Å². The molecule has 0 saturated carbocycles. The van der Waals surface area contributed by atoms with Crippen LogP contribution in [0.3, 0.4) is 0 Å². The van der Waals surface area contributed by atoms with Gasteiger partial charge in [-0.05, 0) is 42.9 Å². The molecule has 3 heteroatoms. The Bertz CT molecular complexity index is 696. The number of rotatable bonds is 13. The van der Waals surface area contributed by atoms with E-state index in [1.54, 1.807) is 0 Å². The monoisotopic (exact) mass is 396 g/mol. The van der Waals surface area contributed by atoms with Crippen LogP contribution >= 0.6 is 0 Å². The predicted octanol–water partition coefficient (Wildman–Crippen LogP) is 8.04. The summed E-state index contributed by atoms with van der Waals surface area (Å²) in [7, 11) is 0. The molecule has 0 spiro atoms. The van der Waals surface area contributed by atoms with E-state index < -0.39 is 6.16 Å². The van der Waals surface area contributed by atoms with Crippen LogP contribution in [0.1, 0.15) is 88.9 Å². The zero-order chi connectivity index (χ0) is 20.7. The Morgan fingerprint density at radius 2 is 1.45 bits per heavy atom. The fourth-order valence-electron chi connectivity index (χ4n) is 3.50. The molecule has 0 aromatic heterocycles. The number of unbranched alkanes of at least 4 members (excludes halogenated alkanes) is 6. The van der Waals surface area contributed by atoms with Crippen molar-refractivity contribution in [3.63, 3.8) is 0 Å². The number of hydrogen-bond acceptors (Lipinski definition) is 3. The van der Waals surface area contributed by atoms with Crippen molar-refractivity contribution in [3.05, 3.63) is 65.7 Å². The summed E-state index contributed by atoms with van der Waals surface area (Å²) >= 11 is 0. The molecule has 2 rings (SSSR count). The third kappa shape index (κ3) is 8.72. The molecule has 0 bridgehead atoms.